The summed E-state index contributed by atoms with van der Waals surface area (Å²) in [5.41, 5.74) is 0.811. The predicted octanol–water partition coefficient (Wildman–Crippen LogP) is 1.62. The minimum atomic E-state index is -0.768. The van der Waals surface area contributed by atoms with Crippen molar-refractivity contribution in [1.29, 1.82) is 0 Å². The zero-order chi connectivity index (χ0) is 11.3. The van der Waals surface area contributed by atoms with Crippen molar-refractivity contribution in [3.8, 4) is 0 Å². The first-order valence-electron chi connectivity index (χ1n) is 4.84. The summed E-state index contributed by atoms with van der Waals surface area (Å²) in [7, 11) is 0. The van der Waals surface area contributed by atoms with E-state index in [0.717, 1.165) is 0 Å². The lowest BCUT2D eigenvalue weighted by Crippen LogP contribution is -2.19. The van der Waals surface area contributed by atoms with Gasteiger partial charge in [0.2, 0.25) is 11.6 Å². The van der Waals surface area contributed by atoms with Gasteiger partial charge in [0.15, 0.2) is 0 Å². The number of benzene rings is 1. The van der Waals surface area contributed by atoms with Gasteiger partial charge >= 0.3 is 0 Å². The van der Waals surface area contributed by atoms with Crippen LogP contribution in [0.5, 0.6) is 0 Å². The minimum absolute atomic E-state index is 0.202. The van der Waals surface area contributed by atoms with E-state index >= 15 is 0 Å². The number of nitrogens with one attached hydrogen (secondary N) is 1. The van der Waals surface area contributed by atoms with E-state index in [1.807, 2.05) is 6.07 Å². The zero-order valence-corrected chi connectivity index (χ0v) is 8.49. The van der Waals surface area contributed by atoms with Crippen molar-refractivity contribution in [3.05, 3.63) is 46.1 Å². The molecule has 80 valence electrons. The third kappa shape index (κ3) is 1.02. The molecule has 0 fully saturated rings. The second-order valence-electron chi connectivity index (χ2n) is 3.63. The van der Waals surface area contributed by atoms with Crippen LogP contribution in [0.2, 0.25) is 0 Å². The largest absolute Gasteiger partial charge is 0.326 e. The fraction of sp³-hybridized carbons (Fsp3) is 0.0909. The maximum absolute atomic E-state index is 13.5. The van der Waals surface area contributed by atoms with Gasteiger partial charge in [0, 0.05) is 0 Å². The van der Waals surface area contributed by atoms with Crippen molar-refractivity contribution in [2.75, 3.05) is 0 Å². The Hall–Kier alpha value is -2.17. The van der Waals surface area contributed by atoms with Crippen molar-refractivity contribution < 1.29 is 4.39 Å². The third-order valence-corrected chi connectivity index (χ3v) is 2.58. The highest BCUT2D eigenvalue weighted by Crippen LogP contribution is 2.13. The third-order valence-electron chi connectivity index (χ3n) is 2.58. The molecule has 0 unspecified atom stereocenters. The highest BCUT2D eigenvalue weighted by atomic mass is 19.1. The highest BCUT2D eigenvalue weighted by molar-refractivity contribution is 5.79. The van der Waals surface area contributed by atoms with E-state index < -0.39 is 11.4 Å². The quantitative estimate of drug-likeness (QED) is 0.622. The Balaban J connectivity index is 2.68. The van der Waals surface area contributed by atoms with Gasteiger partial charge in [-0.1, -0.05) is 12.1 Å². The Bertz CT molecular complexity index is 757. The molecule has 1 aromatic carbocycles. The smallest absolute Gasteiger partial charge is 0.295 e. The summed E-state index contributed by atoms with van der Waals surface area (Å²) in [6.07, 6.45) is 0. The number of hydrogen-bond acceptors (Lipinski definition) is 2. The molecule has 0 saturated carbocycles. The van der Waals surface area contributed by atoms with Crippen LogP contribution in [-0.4, -0.2) is 14.4 Å². The number of rotatable bonds is 0. The van der Waals surface area contributed by atoms with E-state index in [4.69, 9.17) is 0 Å². The van der Waals surface area contributed by atoms with Crippen molar-refractivity contribution >= 4 is 16.8 Å². The second-order valence-corrected chi connectivity index (χ2v) is 3.63. The second kappa shape index (κ2) is 2.91. The number of fused-ring (bicyclic) bond motifs is 3. The number of aromatic nitrogens is 3. The van der Waals surface area contributed by atoms with E-state index in [1.54, 1.807) is 18.2 Å². The number of nitrogens with zero attached hydrogens (tertiary/aromatic N) is 2. The first-order chi connectivity index (χ1) is 7.68. The first kappa shape index (κ1) is 9.08. The number of aryl methyl sites for hydroxylation is 1. The van der Waals surface area contributed by atoms with Gasteiger partial charge in [-0.05, 0) is 19.1 Å². The fourth-order valence-corrected chi connectivity index (χ4v) is 1.80. The summed E-state index contributed by atoms with van der Waals surface area (Å²) in [4.78, 5) is 18.7. The molecular weight excluding hydrogens is 209 g/mol. The summed E-state index contributed by atoms with van der Waals surface area (Å²) in [6, 6.07) is 7.12. The molecule has 3 aromatic rings. The molecule has 0 aliphatic heterocycles. The SMILES string of the molecule is Cc1[nH]c2nc3ccccc3n2c(=O)c1F. The van der Waals surface area contributed by atoms with Crippen LogP contribution in [0.25, 0.3) is 16.8 Å². The van der Waals surface area contributed by atoms with Gasteiger partial charge in [0.25, 0.3) is 5.56 Å². The van der Waals surface area contributed by atoms with Crippen LogP contribution in [0.4, 0.5) is 4.39 Å². The lowest BCUT2D eigenvalue weighted by molar-refractivity contribution is 0.587. The molecule has 0 atom stereocenters. The monoisotopic (exact) mass is 217 g/mol. The molecule has 0 amide bonds. The molecule has 0 aliphatic carbocycles. The lowest BCUT2D eigenvalue weighted by atomic mass is 10.3. The van der Waals surface area contributed by atoms with Crippen LogP contribution in [0.1, 0.15) is 5.69 Å². The Labute approximate surface area is 89.4 Å². The summed E-state index contributed by atoms with van der Waals surface area (Å²) < 4.78 is 14.7. The number of aromatic amines is 1. The van der Waals surface area contributed by atoms with E-state index in [2.05, 4.69) is 9.97 Å². The van der Waals surface area contributed by atoms with Crippen LogP contribution in [0.3, 0.4) is 0 Å². The van der Waals surface area contributed by atoms with E-state index in [0.29, 0.717) is 16.8 Å². The van der Waals surface area contributed by atoms with Gasteiger partial charge in [-0.25, -0.2) is 9.38 Å². The molecule has 0 bridgehead atoms. The Morgan fingerprint density at radius 2 is 2.12 bits per heavy atom. The fourth-order valence-electron chi connectivity index (χ4n) is 1.80. The number of H-pyrrole nitrogens is 1. The number of hydrogen-bond donors (Lipinski definition) is 1. The molecule has 5 heteroatoms. The number of para-hydroxylation sites is 2. The standard InChI is InChI=1S/C11H8FN3O/c1-6-9(12)10(16)15-8-5-3-2-4-7(8)14-11(15)13-6/h2-5H,1H3,(H,13,14). The summed E-state index contributed by atoms with van der Waals surface area (Å²) in [5, 5.41) is 0. The van der Waals surface area contributed by atoms with Crippen LogP contribution in [0.15, 0.2) is 29.1 Å². The van der Waals surface area contributed by atoms with Crippen molar-refractivity contribution in [1.82, 2.24) is 14.4 Å². The molecule has 2 aromatic heterocycles. The maximum Gasteiger partial charge on any atom is 0.295 e. The molecule has 0 radical (unpaired) electrons. The number of halogens is 1. The van der Waals surface area contributed by atoms with Gasteiger partial charge in [-0.2, -0.15) is 4.39 Å². The molecule has 1 N–H and O–H groups in total. The van der Waals surface area contributed by atoms with Gasteiger partial charge in [-0.3, -0.25) is 4.79 Å². The first-order valence-corrected chi connectivity index (χ1v) is 4.84. The molecule has 0 spiro atoms. The van der Waals surface area contributed by atoms with Crippen LogP contribution in [0, 0.1) is 12.7 Å². The summed E-state index contributed by atoms with van der Waals surface area (Å²) >= 11 is 0. The molecule has 0 aliphatic rings. The normalized spacial score (nSPS) is 11.4. The molecule has 0 saturated heterocycles. The van der Waals surface area contributed by atoms with Crippen LogP contribution >= 0.6 is 0 Å². The van der Waals surface area contributed by atoms with Gasteiger partial charge in [0.05, 0.1) is 16.7 Å². The molecule has 2 heterocycles. The summed E-state index contributed by atoms with van der Waals surface area (Å²) in [6.45, 7) is 1.51. The topological polar surface area (TPSA) is 50.2 Å². The molecular formula is C11H8FN3O. The predicted molar refractivity (Wildman–Crippen MR) is 58.0 cm³/mol. The van der Waals surface area contributed by atoms with E-state index in [-0.39, 0.29) is 5.69 Å². The maximum atomic E-state index is 13.5. The average Bonchev–Trinajstić information content (AvgIpc) is 2.64. The van der Waals surface area contributed by atoms with Gasteiger partial charge in [0.1, 0.15) is 0 Å². The van der Waals surface area contributed by atoms with Gasteiger partial charge < -0.3 is 4.98 Å². The molecule has 16 heavy (non-hydrogen) atoms. The summed E-state index contributed by atoms with van der Waals surface area (Å²) in [5.74, 6) is -0.402. The molecule has 3 rings (SSSR count). The highest BCUT2D eigenvalue weighted by Gasteiger charge is 2.12. The number of imidazole rings is 1. The Kier molecular flexibility index (Phi) is 1.65. The van der Waals surface area contributed by atoms with Crippen molar-refractivity contribution in [3.63, 3.8) is 0 Å². The minimum Gasteiger partial charge on any atom is -0.326 e. The average molecular weight is 217 g/mol. The van der Waals surface area contributed by atoms with E-state index in [9.17, 15) is 9.18 Å². The molecule has 4 nitrogen and oxygen atoms in total. The van der Waals surface area contributed by atoms with Gasteiger partial charge in [-0.15, -0.1) is 0 Å². The Morgan fingerprint density at radius 3 is 2.94 bits per heavy atom. The Morgan fingerprint density at radius 1 is 1.38 bits per heavy atom. The van der Waals surface area contributed by atoms with Crippen LogP contribution < -0.4 is 5.56 Å². The van der Waals surface area contributed by atoms with Crippen molar-refractivity contribution in [2.24, 2.45) is 0 Å². The van der Waals surface area contributed by atoms with Crippen LogP contribution in [-0.2, 0) is 0 Å². The van der Waals surface area contributed by atoms with E-state index in [1.165, 1.54) is 11.3 Å². The van der Waals surface area contributed by atoms with Crippen molar-refractivity contribution in [2.45, 2.75) is 6.92 Å². The zero-order valence-electron chi connectivity index (χ0n) is 8.49. The lowest BCUT2D eigenvalue weighted by Gasteiger charge is -1.98.